The molecule has 1 saturated carbocycles. The highest BCUT2D eigenvalue weighted by atomic mass is 16.4. The zero-order valence-corrected chi connectivity index (χ0v) is 8.27. The number of hydrogen-bond acceptors (Lipinski definition) is 2. The number of carboxylic acids is 1. The molecule has 0 aromatic carbocycles. The quantitative estimate of drug-likeness (QED) is 0.620. The fraction of sp³-hybridized carbons (Fsp3) is 0.333. The number of hydrogen-bond donors (Lipinski definition) is 1. The van der Waals surface area contributed by atoms with E-state index in [-0.39, 0.29) is 17.0 Å². The van der Waals surface area contributed by atoms with Crippen molar-refractivity contribution in [3.63, 3.8) is 0 Å². The van der Waals surface area contributed by atoms with Gasteiger partial charge in [0.15, 0.2) is 0 Å². The summed E-state index contributed by atoms with van der Waals surface area (Å²) in [6.07, 6.45) is 3.46. The van der Waals surface area contributed by atoms with Crippen LogP contribution in [0.1, 0.15) is 11.5 Å². The molecule has 0 spiro atoms. The van der Waals surface area contributed by atoms with Gasteiger partial charge < -0.3 is 5.11 Å². The minimum Gasteiger partial charge on any atom is -0.481 e. The van der Waals surface area contributed by atoms with Gasteiger partial charge in [0.1, 0.15) is 15.7 Å². The Morgan fingerprint density at radius 1 is 1.57 bits per heavy atom. The first-order valence-electron chi connectivity index (χ1n) is 4.68. The molecule has 2 atom stereocenters. The highest BCUT2D eigenvalue weighted by Crippen LogP contribution is 2.66. The summed E-state index contributed by atoms with van der Waals surface area (Å²) in [6.45, 7) is 0. The van der Waals surface area contributed by atoms with Crippen LogP contribution in [0.25, 0.3) is 0 Å². The molecule has 3 nitrogen and oxygen atoms in total. The topological polar surface area (TPSA) is 50.2 Å². The summed E-state index contributed by atoms with van der Waals surface area (Å²) in [6, 6.07) is 3.80. The molecule has 2 unspecified atom stereocenters. The van der Waals surface area contributed by atoms with Crippen molar-refractivity contribution < 1.29 is 9.90 Å². The van der Waals surface area contributed by atoms with Crippen molar-refractivity contribution in [1.29, 1.82) is 0 Å². The van der Waals surface area contributed by atoms with Gasteiger partial charge in [-0.2, -0.15) is 0 Å². The van der Waals surface area contributed by atoms with Gasteiger partial charge in [-0.05, 0) is 17.5 Å². The van der Waals surface area contributed by atoms with Crippen molar-refractivity contribution in [2.24, 2.45) is 5.92 Å². The normalized spacial score (nSPS) is 28.3. The van der Waals surface area contributed by atoms with Crippen LogP contribution in [-0.2, 0) is 4.79 Å². The highest BCUT2D eigenvalue weighted by Gasteiger charge is 2.61. The summed E-state index contributed by atoms with van der Waals surface area (Å²) in [5, 5.41) is 8.87. The van der Waals surface area contributed by atoms with Gasteiger partial charge in [0, 0.05) is 12.4 Å². The molecule has 0 radical (unpaired) electrons. The SMILES string of the molecule is BC1(B)C(C(=O)O)C1c1cccnc1. The average molecular weight is 187 g/mol. The fourth-order valence-corrected chi connectivity index (χ4v) is 2.28. The third-order valence-electron chi connectivity index (χ3n) is 3.14. The Bertz CT molecular complexity index is 366. The fourth-order valence-electron chi connectivity index (χ4n) is 2.28. The zero-order chi connectivity index (χ0) is 10.3. The first kappa shape index (κ1) is 9.31. The lowest BCUT2D eigenvalue weighted by Gasteiger charge is -2.00. The highest BCUT2D eigenvalue weighted by molar-refractivity contribution is 6.45. The van der Waals surface area contributed by atoms with Crippen LogP contribution in [0.2, 0.25) is 5.21 Å². The first-order valence-corrected chi connectivity index (χ1v) is 4.68. The Morgan fingerprint density at radius 3 is 2.71 bits per heavy atom. The van der Waals surface area contributed by atoms with Gasteiger partial charge >= 0.3 is 5.97 Å². The molecule has 5 heteroatoms. The summed E-state index contributed by atoms with van der Waals surface area (Å²) >= 11 is 0. The molecule has 0 bridgehead atoms. The van der Waals surface area contributed by atoms with Crippen molar-refractivity contribution in [3.8, 4) is 0 Å². The van der Waals surface area contributed by atoms with E-state index in [0.717, 1.165) is 5.56 Å². The third kappa shape index (κ3) is 1.24. The van der Waals surface area contributed by atoms with Crippen LogP contribution >= 0.6 is 0 Å². The predicted octanol–water partition coefficient (Wildman–Crippen LogP) is -0.738. The Morgan fingerprint density at radius 2 is 2.29 bits per heavy atom. The van der Waals surface area contributed by atoms with E-state index in [4.69, 9.17) is 5.11 Å². The molecule has 2 rings (SSSR count). The summed E-state index contributed by atoms with van der Waals surface area (Å²) in [5.74, 6) is -0.843. The molecule has 0 amide bonds. The molecule has 1 aromatic rings. The molecule has 70 valence electrons. The largest absolute Gasteiger partial charge is 0.481 e. The molecular formula is C9H11B2NO2. The van der Waals surface area contributed by atoms with Crippen LogP contribution in [-0.4, -0.2) is 31.8 Å². The second-order valence-corrected chi connectivity index (χ2v) is 4.40. The first-order chi connectivity index (χ1) is 6.55. The van der Waals surface area contributed by atoms with E-state index in [0.29, 0.717) is 0 Å². The van der Waals surface area contributed by atoms with E-state index in [1.54, 1.807) is 12.4 Å². The number of aromatic nitrogens is 1. The van der Waals surface area contributed by atoms with E-state index in [1.165, 1.54) is 0 Å². The second-order valence-electron chi connectivity index (χ2n) is 4.40. The van der Waals surface area contributed by atoms with Gasteiger partial charge in [0.05, 0.1) is 5.92 Å². The van der Waals surface area contributed by atoms with Gasteiger partial charge in [-0.3, -0.25) is 9.78 Å². The monoisotopic (exact) mass is 187 g/mol. The van der Waals surface area contributed by atoms with E-state index >= 15 is 0 Å². The smallest absolute Gasteiger partial charge is 0.306 e. The number of pyridine rings is 1. The average Bonchev–Trinajstić information content (AvgIpc) is 2.71. The zero-order valence-electron chi connectivity index (χ0n) is 8.27. The lowest BCUT2D eigenvalue weighted by molar-refractivity contribution is -0.138. The van der Waals surface area contributed by atoms with E-state index in [1.807, 2.05) is 27.8 Å². The maximum Gasteiger partial charge on any atom is 0.306 e. The maximum atomic E-state index is 10.9. The van der Waals surface area contributed by atoms with Crippen molar-refractivity contribution in [2.75, 3.05) is 0 Å². The summed E-state index contributed by atoms with van der Waals surface area (Å²) in [4.78, 5) is 15.0. The molecule has 14 heavy (non-hydrogen) atoms. The lowest BCUT2D eigenvalue weighted by Crippen LogP contribution is -2.04. The van der Waals surface area contributed by atoms with Crippen molar-refractivity contribution in [3.05, 3.63) is 30.1 Å². The van der Waals surface area contributed by atoms with Gasteiger partial charge in [-0.15, -0.1) is 0 Å². The number of rotatable bonds is 2. The van der Waals surface area contributed by atoms with Gasteiger partial charge in [0.25, 0.3) is 0 Å². The van der Waals surface area contributed by atoms with Crippen LogP contribution in [0.5, 0.6) is 0 Å². The molecule has 1 N–H and O–H groups in total. The maximum absolute atomic E-state index is 10.9. The Hall–Kier alpha value is -1.25. The predicted molar refractivity (Wildman–Crippen MR) is 57.9 cm³/mol. The minimum absolute atomic E-state index is 0.119. The van der Waals surface area contributed by atoms with Crippen molar-refractivity contribution in [2.45, 2.75) is 11.1 Å². The molecule has 0 saturated heterocycles. The molecule has 1 heterocycles. The number of nitrogens with zero attached hydrogens (tertiary/aromatic N) is 1. The lowest BCUT2D eigenvalue weighted by atomic mass is 9.63. The summed E-state index contributed by atoms with van der Waals surface area (Å²) < 4.78 is 0. The van der Waals surface area contributed by atoms with Crippen LogP contribution in [0, 0.1) is 5.92 Å². The molecule has 1 aliphatic carbocycles. The van der Waals surface area contributed by atoms with E-state index < -0.39 is 5.97 Å². The summed E-state index contributed by atoms with van der Waals surface area (Å²) in [7, 11) is 3.98. The van der Waals surface area contributed by atoms with Crippen LogP contribution in [0.3, 0.4) is 0 Å². The van der Waals surface area contributed by atoms with Gasteiger partial charge in [0.2, 0.25) is 0 Å². The van der Waals surface area contributed by atoms with Crippen LogP contribution < -0.4 is 0 Å². The second kappa shape index (κ2) is 2.87. The van der Waals surface area contributed by atoms with E-state index in [2.05, 4.69) is 4.98 Å². The molecular weight excluding hydrogens is 176 g/mol. The number of carbonyl (C=O) groups is 1. The van der Waals surface area contributed by atoms with Crippen molar-refractivity contribution in [1.82, 2.24) is 4.98 Å². The standard InChI is InChI=1S/C9H11B2NO2/c10-9(11)6(7(9)8(13)14)5-2-1-3-12-4-5/h1-4,6-7H,10-11H2,(H,13,14). The van der Waals surface area contributed by atoms with Crippen LogP contribution in [0.4, 0.5) is 0 Å². The Labute approximate surface area is 84.4 Å². The molecule has 1 fully saturated rings. The Balaban J connectivity index is 2.28. The van der Waals surface area contributed by atoms with Gasteiger partial charge in [-0.1, -0.05) is 11.3 Å². The summed E-state index contributed by atoms with van der Waals surface area (Å²) in [5.41, 5.74) is 1.03. The minimum atomic E-state index is -0.705. The number of carboxylic acid groups (broad SMARTS) is 1. The molecule has 1 aromatic heterocycles. The Kier molecular flexibility index (Phi) is 1.91. The van der Waals surface area contributed by atoms with Crippen LogP contribution in [0.15, 0.2) is 24.5 Å². The van der Waals surface area contributed by atoms with E-state index in [9.17, 15) is 4.79 Å². The van der Waals surface area contributed by atoms with Crippen molar-refractivity contribution >= 4 is 21.7 Å². The molecule has 1 aliphatic rings. The molecule has 0 aliphatic heterocycles. The number of aliphatic carboxylic acids is 1. The van der Waals surface area contributed by atoms with Gasteiger partial charge in [-0.25, -0.2) is 0 Å². The third-order valence-corrected chi connectivity index (χ3v) is 3.14.